The van der Waals surface area contributed by atoms with Gasteiger partial charge in [-0.3, -0.25) is 0 Å². The zero-order chi connectivity index (χ0) is 12.1. The molecule has 16 heavy (non-hydrogen) atoms. The smallest absolute Gasteiger partial charge is 0.188 e. The third-order valence-corrected chi connectivity index (χ3v) is 3.20. The van der Waals surface area contributed by atoms with Gasteiger partial charge in [-0.05, 0) is 61.9 Å². The van der Waals surface area contributed by atoms with E-state index in [-0.39, 0.29) is 6.79 Å². The van der Waals surface area contributed by atoms with Crippen molar-refractivity contribution in [2.45, 2.75) is 20.3 Å². The number of hydrogen-bond donors (Lipinski definition) is 0. The molecule has 1 rings (SSSR count). The summed E-state index contributed by atoms with van der Waals surface area (Å²) in [5, 5.41) is 0. The molecule has 0 spiro atoms. The molecule has 1 aromatic rings. The molecule has 0 unspecified atom stereocenters. The van der Waals surface area contributed by atoms with Crippen molar-refractivity contribution in [3.63, 3.8) is 0 Å². The van der Waals surface area contributed by atoms with Gasteiger partial charge in [0, 0.05) is 7.11 Å². The van der Waals surface area contributed by atoms with Crippen LogP contribution in [0.4, 0.5) is 0 Å². The molecule has 0 heterocycles. The minimum atomic E-state index is 0.251. The summed E-state index contributed by atoms with van der Waals surface area (Å²) in [6, 6.07) is 4.19. The molecule has 2 nitrogen and oxygen atoms in total. The maximum atomic E-state index is 5.46. The van der Waals surface area contributed by atoms with Crippen LogP contribution >= 0.6 is 31.9 Å². The van der Waals surface area contributed by atoms with Gasteiger partial charge in [-0.2, -0.15) is 0 Å². The van der Waals surface area contributed by atoms with E-state index in [1.165, 1.54) is 5.56 Å². The number of methoxy groups -OCH3 is 1. The van der Waals surface area contributed by atoms with Gasteiger partial charge in [-0.1, -0.05) is 13.8 Å². The molecule has 0 radical (unpaired) electrons. The first-order valence-corrected chi connectivity index (χ1v) is 6.72. The van der Waals surface area contributed by atoms with Gasteiger partial charge < -0.3 is 9.47 Å². The van der Waals surface area contributed by atoms with E-state index in [9.17, 15) is 0 Å². The highest BCUT2D eigenvalue weighted by atomic mass is 79.9. The first-order valence-electron chi connectivity index (χ1n) is 5.14. The fourth-order valence-electron chi connectivity index (χ4n) is 1.46. The van der Waals surface area contributed by atoms with Crippen LogP contribution in [-0.4, -0.2) is 13.9 Å². The Hall–Kier alpha value is -0.0600. The second-order valence-electron chi connectivity index (χ2n) is 4.04. The lowest BCUT2D eigenvalue weighted by atomic mass is 10.0. The number of benzene rings is 1. The van der Waals surface area contributed by atoms with E-state index in [0.717, 1.165) is 21.1 Å². The standard InChI is InChI=1S/C12H16Br2O2/c1-8(2)4-9-5-10(13)12(11(14)6-9)16-7-15-3/h5-6,8H,4,7H2,1-3H3. The quantitative estimate of drug-likeness (QED) is 0.732. The van der Waals surface area contributed by atoms with E-state index in [1.807, 2.05) is 0 Å². The lowest BCUT2D eigenvalue weighted by Crippen LogP contribution is -2.01. The number of halogens is 2. The van der Waals surface area contributed by atoms with Crippen LogP contribution in [0.1, 0.15) is 19.4 Å². The highest BCUT2D eigenvalue weighted by Gasteiger charge is 2.09. The van der Waals surface area contributed by atoms with Crippen LogP contribution in [0.15, 0.2) is 21.1 Å². The Labute approximate surface area is 114 Å². The monoisotopic (exact) mass is 350 g/mol. The molecular formula is C12H16Br2O2. The van der Waals surface area contributed by atoms with Gasteiger partial charge in [0.25, 0.3) is 0 Å². The third kappa shape index (κ3) is 4.07. The van der Waals surface area contributed by atoms with E-state index < -0.39 is 0 Å². The Morgan fingerprint density at radius 3 is 2.19 bits per heavy atom. The summed E-state index contributed by atoms with van der Waals surface area (Å²) in [5.74, 6) is 1.43. The molecule has 1 aromatic carbocycles. The van der Waals surface area contributed by atoms with Gasteiger partial charge in [0.1, 0.15) is 0 Å². The molecule has 0 saturated carbocycles. The lowest BCUT2D eigenvalue weighted by molar-refractivity contribution is 0.0500. The number of hydrogen-bond acceptors (Lipinski definition) is 2. The molecule has 0 aliphatic heterocycles. The van der Waals surface area contributed by atoms with Crippen LogP contribution in [0.5, 0.6) is 5.75 Å². The number of ether oxygens (including phenoxy) is 2. The first-order chi connectivity index (χ1) is 7.54. The fraction of sp³-hybridized carbons (Fsp3) is 0.500. The predicted octanol–water partition coefficient (Wildman–Crippen LogP) is 4.39. The summed E-state index contributed by atoms with van der Waals surface area (Å²) in [6.45, 7) is 4.66. The molecule has 4 heteroatoms. The average Bonchev–Trinajstić information content (AvgIpc) is 2.15. The maximum Gasteiger partial charge on any atom is 0.188 e. The van der Waals surface area contributed by atoms with Crippen LogP contribution in [0.3, 0.4) is 0 Å². The summed E-state index contributed by atoms with van der Waals surface area (Å²) in [5.41, 5.74) is 1.29. The Balaban J connectivity index is 2.89. The van der Waals surface area contributed by atoms with Gasteiger partial charge in [-0.25, -0.2) is 0 Å². The molecule has 0 aliphatic rings. The van der Waals surface area contributed by atoms with Crippen molar-refractivity contribution in [3.05, 3.63) is 26.6 Å². The Bertz CT molecular complexity index is 328. The highest BCUT2D eigenvalue weighted by Crippen LogP contribution is 2.35. The summed E-state index contributed by atoms with van der Waals surface area (Å²) >= 11 is 7.02. The second kappa shape index (κ2) is 6.62. The summed E-state index contributed by atoms with van der Waals surface area (Å²) in [7, 11) is 1.61. The van der Waals surface area contributed by atoms with Gasteiger partial charge in [0.05, 0.1) is 8.95 Å². The van der Waals surface area contributed by atoms with Gasteiger partial charge in [0.2, 0.25) is 0 Å². The van der Waals surface area contributed by atoms with E-state index in [4.69, 9.17) is 9.47 Å². The van der Waals surface area contributed by atoms with Crippen LogP contribution in [0.25, 0.3) is 0 Å². The molecular weight excluding hydrogens is 336 g/mol. The first kappa shape index (κ1) is 14.0. The zero-order valence-corrected chi connectivity index (χ0v) is 12.9. The normalized spacial score (nSPS) is 10.9. The van der Waals surface area contributed by atoms with Crippen molar-refractivity contribution in [2.75, 3.05) is 13.9 Å². The lowest BCUT2D eigenvalue weighted by Gasteiger charge is -2.12. The van der Waals surface area contributed by atoms with Crippen molar-refractivity contribution in [1.29, 1.82) is 0 Å². The molecule has 0 bridgehead atoms. The zero-order valence-electron chi connectivity index (χ0n) is 9.72. The average molecular weight is 352 g/mol. The van der Waals surface area contributed by atoms with E-state index >= 15 is 0 Å². The van der Waals surface area contributed by atoms with Crippen LogP contribution < -0.4 is 4.74 Å². The van der Waals surface area contributed by atoms with Crippen LogP contribution in [0.2, 0.25) is 0 Å². The van der Waals surface area contributed by atoms with E-state index in [2.05, 4.69) is 57.8 Å². The molecule has 0 aromatic heterocycles. The second-order valence-corrected chi connectivity index (χ2v) is 5.75. The Kier molecular flexibility index (Phi) is 5.79. The molecule has 0 N–H and O–H groups in total. The highest BCUT2D eigenvalue weighted by molar-refractivity contribution is 9.11. The SMILES string of the molecule is COCOc1c(Br)cc(CC(C)C)cc1Br. The van der Waals surface area contributed by atoms with Crippen molar-refractivity contribution >= 4 is 31.9 Å². The predicted molar refractivity (Wildman–Crippen MR) is 72.9 cm³/mol. The summed E-state index contributed by atoms with van der Waals surface area (Å²) in [6.07, 6.45) is 1.06. The van der Waals surface area contributed by atoms with Crippen LogP contribution in [-0.2, 0) is 11.2 Å². The Morgan fingerprint density at radius 1 is 1.19 bits per heavy atom. The van der Waals surface area contributed by atoms with Gasteiger partial charge in [-0.15, -0.1) is 0 Å². The molecule has 0 saturated heterocycles. The van der Waals surface area contributed by atoms with Crippen molar-refractivity contribution in [3.8, 4) is 5.75 Å². The maximum absolute atomic E-state index is 5.46. The summed E-state index contributed by atoms with van der Waals surface area (Å²) in [4.78, 5) is 0. The van der Waals surface area contributed by atoms with E-state index in [1.54, 1.807) is 7.11 Å². The molecule has 0 aliphatic carbocycles. The molecule has 0 atom stereocenters. The number of rotatable bonds is 5. The minimum Gasteiger partial charge on any atom is -0.465 e. The summed E-state index contributed by atoms with van der Waals surface area (Å²) < 4.78 is 12.3. The largest absolute Gasteiger partial charge is 0.465 e. The van der Waals surface area contributed by atoms with Gasteiger partial charge >= 0.3 is 0 Å². The van der Waals surface area contributed by atoms with E-state index in [0.29, 0.717) is 5.92 Å². The minimum absolute atomic E-state index is 0.251. The molecule has 0 amide bonds. The van der Waals surface area contributed by atoms with Crippen LogP contribution in [0, 0.1) is 5.92 Å². The Morgan fingerprint density at radius 2 is 1.75 bits per heavy atom. The third-order valence-electron chi connectivity index (χ3n) is 2.02. The topological polar surface area (TPSA) is 18.5 Å². The molecule has 90 valence electrons. The van der Waals surface area contributed by atoms with Crippen molar-refractivity contribution in [1.82, 2.24) is 0 Å². The molecule has 0 fully saturated rings. The van der Waals surface area contributed by atoms with Crippen molar-refractivity contribution < 1.29 is 9.47 Å². The van der Waals surface area contributed by atoms with Crippen molar-refractivity contribution in [2.24, 2.45) is 5.92 Å². The fourth-order valence-corrected chi connectivity index (χ4v) is 2.97. The van der Waals surface area contributed by atoms with Gasteiger partial charge in [0.15, 0.2) is 12.5 Å².